The maximum atomic E-state index is 14.1. The number of alkyl halides is 3. The van der Waals surface area contributed by atoms with Gasteiger partial charge in [0.05, 0.1) is 28.3 Å². The van der Waals surface area contributed by atoms with Crippen LogP contribution in [0.5, 0.6) is 11.5 Å². The molecular formula is C47H47Cl2F3N4O5. The van der Waals surface area contributed by atoms with E-state index in [1.165, 1.54) is 0 Å². The van der Waals surface area contributed by atoms with Gasteiger partial charge in [-0.1, -0.05) is 72.6 Å². The second kappa shape index (κ2) is 18.4. The lowest BCUT2D eigenvalue weighted by Gasteiger charge is -2.37. The molecule has 14 heteroatoms. The van der Waals surface area contributed by atoms with Gasteiger partial charge in [0.25, 0.3) is 0 Å². The van der Waals surface area contributed by atoms with Crippen molar-refractivity contribution in [3.8, 4) is 22.6 Å². The first-order valence-electron chi connectivity index (χ1n) is 20.2. The second-order valence-electron chi connectivity index (χ2n) is 15.8. The van der Waals surface area contributed by atoms with Crippen molar-refractivity contribution in [1.82, 2.24) is 15.2 Å². The number of amides is 1. The number of pyridine rings is 1. The van der Waals surface area contributed by atoms with E-state index in [0.29, 0.717) is 57.6 Å². The van der Waals surface area contributed by atoms with Crippen LogP contribution in [0.25, 0.3) is 11.1 Å². The predicted octanol–water partition coefficient (Wildman–Crippen LogP) is 10.3. The highest BCUT2D eigenvalue weighted by Crippen LogP contribution is 2.42. The first kappa shape index (κ1) is 43.8. The molecule has 0 unspecified atom stereocenters. The van der Waals surface area contributed by atoms with Crippen molar-refractivity contribution in [2.75, 3.05) is 25.0 Å². The molecule has 4 atom stereocenters. The van der Waals surface area contributed by atoms with Crippen LogP contribution in [0.3, 0.4) is 0 Å². The molecule has 2 aliphatic heterocycles. The molecule has 0 saturated carbocycles. The summed E-state index contributed by atoms with van der Waals surface area (Å²) in [5.74, 6) is -0.877. The van der Waals surface area contributed by atoms with Gasteiger partial charge in [-0.25, -0.2) is 4.79 Å². The minimum atomic E-state index is -4.61. The van der Waals surface area contributed by atoms with E-state index in [1.54, 1.807) is 36.5 Å². The number of hydrogen-bond acceptors (Lipinski definition) is 7. The van der Waals surface area contributed by atoms with Gasteiger partial charge in [-0.15, -0.1) is 0 Å². The number of nitrogens with one attached hydrogen (secondary N) is 1. The number of aliphatic carboxylic acids is 1. The van der Waals surface area contributed by atoms with Crippen LogP contribution in [-0.2, 0) is 29.0 Å². The highest BCUT2D eigenvalue weighted by molar-refractivity contribution is 6.42. The summed E-state index contributed by atoms with van der Waals surface area (Å²) < 4.78 is 55.1. The summed E-state index contributed by atoms with van der Waals surface area (Å²) in [6.07, 6.45) is -2.24. The predicted molar refractivity (Wildman–Crippen MR) is 231 cm³/mol. The molecule has 7 rings (SSSR count). The monoisotopic (exact) mass is 874 g/mol. The maximum Gasteiger partial charge on any atom is 0.401 e. The highest BCUT2D eigenvalue weighted by Gasteiger charge is 2.41. The van der Waals surface area contributed by atoms with Crippen LogP contribution in [0.4, 0.5) is 18.9 Å². The normalized spacial score (nSPS) is 17.6. The zero-order chi connectivity index (χ0) is 43.6. The third-order valence-corrected chi connectivity index (χ3v) is 12.3. The number of carboxylic acids is 1. The summed E-state index contributed by atoms with van der Waals surface area (Å²) in [7, 11) is 1.92. The topological polar surface area (TPSA) is 104 Å². The van der Waals surface area contributed by atoms with E-state index in [1.807, 2.05) is 87.3 Å². The van der Waals surface area contributed by atoms with Crippen LogP contribution >= 0.6 is 23.2 Å². The number of carbonyl (C=O) groups is 2. The molecule has 9 nitrogen and oxygen atoms in total. The lowest BCUT2D eigenvalue weighted by molar-refractivity contribution is -0.158. The Morgan fingerprint density at radius 3 is 2.39 bits per heavy atom. The minimum Gasteiger partial charge on any atom is -0.486 e. The molecule has 0 spiro atoms. The Morgan fingerprint density at radius 1 is 0.984 bits per heavy atom. The molecule has 1 amide bonds. The molecule has 0 radical (unpaired) electrons. The number of halogens is 5. The van der Waals surface area contributed by atoms with Gasteiger partial charge >= 0.3 is 12.1 Å². The van der Waals surface area contributed by atoms with Gasteiger partial charge in [0.15, 0.2) is 0 Å². The molecule has 2 N–H and O–H groups in total. The van der Waals surface area contributed by atoms with Gasteiger partial charge in [0, 0.05) is 44.9 Å². The molecular weight excluding hydrogens is 828 g/mol. The Bertz CT molecular complexity index is 2400. The molecule has 320 valence electrons. The van der Waals surface area contributed by atoms with E-state index in [4.69, 9.17) is 32.7 Å². The largest absolute Gasteiger partial charge is 0.486 e. The zero-order valence-electron chi connectivity index (χ0n) is 34.2. The number of carbonyl (C=O) groups excluding carboxylic acids is 1. The number of aromatic nitrogens is 1. The molecule has 0 saturated heterocycles. The molecule has 1 aromatic heterocycles. The summed E-state index contributed by atoms with van der Waals surface area (Å²) in [4.78, 5) is 33.8. The van der Waals surface area contributed by atoms with E-state index < -0.39 is 36.7 Å². The Morgan fingerprint density at radius 2 is 1.72 bits per heavy atom. The fourth-order valence-electron chi connectivity index (χ4n) is 8.09. The summed E-state index contributed by atoms with van der Waals surface area (Å²) in [6, 6.07) is 23.4. The number of rotatable bonds is 12. The maximum absolute atomic E-state index is 14.1. The molecule has 0 bridgehead atoms. The molecule has 61 heavy (non-hydrogen) atoms. The Kier molecular flexibility index (Phi) is 13.2. The van der Waals surface area contributed by atoms with Crippen LogP contribution < -0.4 is 19.7 Å². The van der Waals surface area contributed by atoms with Gasteiger partial charge < -0.3 is 24.8 Å². The van der Waals surface area contributed by atoms with E-state index in [-0.39, 0.29) is 31.6 Å². The van der Waals surface area contributed by atoms with Crippen molar-refractivity contribution in [2.24, 2.45) is 0 Å². The Balaban J connectivity index is 1.07. The third-order valence-electron chi connectivity index (χ3n) is 11.6. The number of fused-ring (bicyclic) bond motifs is 2. The van der Waals surface area contributed by atoms with Crippen molar-refractivity contribution < 1.29 is 37.3 Å². The van der Waals surface area contributed by atoms with Crippen molar-refractivity contribution >= 4 is 40.8 Å². The van der Waals surface area contributed by atoms with E-state index in [9.17, 15) is 27.9 Å². The number of hydrogen-bond donors (Lipinski definition) is 2. The fraction of sp³-hybridized carbons (Fsp3) is 0.340. The van der Waals surface area contributed by atoms with Crippen molar-refractivity contribution in [2.45, 2.75) is 83.5 Å². The summed E-state index contributed by atoms with van der Waals surface area (Å²) >= 11 is 12.4. The number of benzene rings is 4. The van der Waals surface area contributed by atoms with E-state index >= 15 is 0 Å². The van der Waals surface area contributed by atoms with Crippen molar-refractivity contribution in [1.29, 1.82) is 0 Å². The van der Waals surface area contributed by atoms with Crippen molar-refractivity contribution in [3.63, 3.8) is 0 Å². The number of carboxylic acid groups (broad SMARTS) is 1. The minimum absolute atomic E-state index is 0.0457. The summed E-state index contributed by atoms with van der Waals surface area (Å²) in [5, 5.41) is 13.6. The second-order valence-corrected chi connectivity index (χ2v) is 16.6. The lowest BCUT2D eigenvalue weighted by atomic mass is 9.91. The highest BCUT2D eigenvalue weighted by atomic mass is 35.5. The van der Waals surface area contributed by atoms with Crippen LogP contribution in [0.2, 0.25) is 10.0 Å². The zero-order valence-corrected chi connectivity index (χ0v) is 35.7. The van der Waals surface area contributed by atoms with Gasteiger partial charge in [-0.3, -0.25) is 14.7 Å². The number of aryl methyl sites for hydroxylation is 1. The Labute approximate surface area is 363 Å². The number of anilines is 1. The summed E-state index contributed by atoms with van der Waals surface area (Å²) in [5.41, 5.74) is 8.38. The van der Waals surface area contributed by atoms with Crippen LogP contribution in [0, 0.1) is 13.8 Å². The molecule has 0 fully saturated rings. The molecule has 3 heterocycles. The lowest BCUT2D eigenvalue weighted by Crippen LogP contribution is -2.56. The quantitative estimate of drug-likeness (QED) is 0.128. The van der Waals surface area contributed by atoms with Crippen molar-refractivity contribution in [3.05, 3.63) is 140 Å². The first-order valence-corrected chi connectivity index (χ1v) is 20.9. The van der Waals surface area contributed by atoms with Gasteiger partial charge in [0.2, 0.25) is 5.91 Å². The van der Waals surface area contributed by atoms with Crippen LogP contribution in [0.1, 0.15) is 71.0 Å². The van der Waals surface area contributed by atoms with Gasteiger partial charge in [0.1, 0.15) is 29.7 Å². The van der Waals surface area contributed by atoms with E-state index in [2.05, 4.69) is 10.3 Å². The van der Waals surface area contributed by atoms with Gasteiger partial charge in [-0.05, 0) is 114 Å². The average molecular weight is 876 g/mol. The van der Waals surface area contributed by atoms with Crippen LogP contribution in [0.15, 0.2) is 91.1 Å². The smallest absolute Gasteiger partial charge is 0.401 e. The summed E-state index contributed by atoms with van der Waals surface area (Å²) in [6.45, 7) is 5.01. The molecule has 2 aliphatic rings. The Hall–Kier alpha value is -5.30. The first-order chi connectivity index (χ1) is 29.1. The SMILES string of the molecule is CC[C@@H](Oc1ccc([C@H]2CCN(C)c3cc4c(cc3O2)CN(CC(F)(F)F)[C@H](C(=O)N[C@@H](Cc2ccc(-c3ccnc(C)c3C)cc2)C(=O)O)C4)cc1)c1ccc(Cl)c(Cl)c1. The average Bonchev–Trinajstić information content (AvgIpc) is 3.38. The molecule has 5 aromatic rings. The van der Waals surface area contributed by atoms with E-state index in [0.717, 1.165) is 44.1 Å². The third kappa shape index (κ3) is 10.3. The molecule has 0 aliphatic carbocycles. The van der Waals surface area contributed by atoms with Crippen LogP contribution in [-0.4, -0.2) is 65.3 Å². The standard InChI is InChI=1S/C47H47Cl2F3N4O5/c1-5-42(32-12-15-37(48)38(49)21-32)60-35-13-10-31(11-14-35)43-17-19-55(4)40-22-33-23-41(56(26-47(50,51)52)25-34(33)24-44(40)61-43)45(57)54-39(46(58)59)20-29-6-8-30(9-7-29)36-16-18-53-28(3)27(36)2/h6-16,18,21-22,24,39,41-43H,5,17,19-20,23,25-26H2,1-4H3,(H,54,57)(H,58,59)/t39-,41-,42+,43+/m0/s1. The molecule has 4 aromatic carbocycles. The number of ether oxygens (including phenoxy) is 2. The fourth-order valence-corrected chi connectivity index (χ4v) is 8.39. The number of nitrogens with zero attached hydrogens (tertiary/aromatic N) is 3. The van der Waals surface area contributed by atoms with Gasteiger partial charge in [-0.2, -0.15) is 13.2 Å².